The molecule has 0 aromatic heterocycles. The Hall–Kier alpha value is -2.26. The van der Waals surface area contributed by atoms with Gasteiger partial charge in [-0.3, -0.25) is 4.79 Å². The predicted molar refractivity (Wildman–Crippen MR) is 118 cm³/mol. The van der Waals surface area contributed by atoms with Gasteiger partial charge >= 0.3 is 0 Å². The first-order chi connectivity index (χ1) is 14.8. The molecule has 0 aliphatic carbocycles. The van der Waals surface area contributed by atoms with Gasteiger partial charge in [0.15, 0.2) is 0 Å². The summed E-state index contributed by atoms with van der Waals surface area (Å²) < 4.78 is 38.7. The first kappa shape index (κ1) is 23.4. The third-order valence-corrected chi connectivity index (χ3v) is 7.00. The maximum atomic E-state index is 13.3. The summed E-state index contributed by atoms with van der Waals surface area (Å²) in [6, 6.07) is 15.9. The normalized spacial score (nSPS) is 19.8. The summed E-state index contributed by atoms with van der Waals surface area (Å²) in [5.41, 5.74) is 1.33. The van der Waals surface area contributed by atoms with E-state index in [0.717, 1.165) is 5.56 Å². The fraction of sp³-hybridized carbons (Fsp3) is 0.435. The topological polar surface area (TPSA) is 76.2 Å². The molecule has 1 saturated heterocycles. The van der Waals surface area contributed by atoms with Crippen molar-refractivity contribution in [3.05, 3.63) is 65.7 Å². The highest BCUT2D eigenvalue weighted by molar-refractivity contribution is 7.89. The summed E-state index contributed by atoms with van der Waals surface area (Å²) in [5, 5.41) is 0. The van der Waals surface area contributed by atoms with E-state index in [2.05, 4.69) is 0 Å². The first-order valence-electron chi connectivity index (χ1n) is 10.4. The Bertz CT molecular complexity index is 970. The highest BCUT2D eigenvalue weighted by Crippen LogP contribution is 2.22. The molecule has 2 atom stereocenters. The molecule has 0 bridgehead atoms. The Morgan fingerprint density at radius 2 is 1.77 bits per heavy atom. The second-order valence-electron chi connectivity index (χ2n) is 7.81. The van der Waals surface area contributed by atoms with Crippen LogP contribution in [0.2, 0.25) is 0 Å². The van der Waals surface area contributed by atoms with E-state index in [1.807, 2.05) is 44.2 Å². The summed E-state index contributed by atoms with van der Waals surface area (Å²) in [7, 11) is -2.14. The van der Waals surface area contributed by atoms with Gasteiger partial charge in [-0.1, -0.05) is 36.4 Å². The summed E-state index contributed by atoms with van der Waals surface area (Å²) in [4.78, 5) is 15.0. The van der Waals surface area contributed by atoms with E-state index in [9.17, 15) is 13.2 Å². The van der Waals surface area contributed by atoms with Crippen LogP contribution < -0.4 is 0 Å². The van der Waals surface area contributed by atoms with Crippen LogP contribution in [0, 0.1) is 0 Å². The van der Waals surface area contributed by atoms with Gasteiger partial charge in [0, 0.05) is 38.9 Å². The minimum atomic E-state index is -3.73. The molecule has 0 N–H and O–H groups in total. The highest BCUT2D eigenvalue weighted by Gasteiger charge is 2.32. The van der Waals surface area contributed by atoms with Gasteiger partial charge in [-0.05, 0) is 37.6 Å². The molecule has 0 radical (unpaired) electrons. The molecule has 1 aliphatic rings. The van der Waals surface area contributed by atoms with Gasteiger partial charge in [0.05, 0.1) is 23.7 Å². The Labute approximate surface area is 184 Å². The molecule has 1 aliphatic heterocycles. The monoisotopic (exact) mass is 446 g/mol. The third-order valence-electron chi connectivity index (χ3n) is 5.17. The Morgan fingerprint density at radius 1 is 1.10 bits per heavy atom. The quantitative estimate of drug-likeness (QED) is 0.623. The van der Waals surface area contributed by atoms with Crippen molar-refractivity contribution < 1.29 is 22.7 Å². The Morgan fingerprint density at radius 3 is 2.42 bits per heavy atom. The van der Waals surface area contributed by atoms with Crippen molar-refractivity contribution in [1.82, 2.24) is 9.21 Å². The van der Waals surface area contributed by atoms with Crippen LogP contribution >= 0.6 is 0 Å². The lowest BCUT2D eigenvalue weighted by Gasteiger charge is -2.34. The molecule has 3 rings (SSSR count). The van der Waals surface area contributed by atoms with E-state index in [-0.39, 0.29) is 23.0 Å². The maximum Gasteiger partial charge on any atom is 0.254 e. The Kier molecular flexibility index (Phi) is 7.83. The van der Waals surface area contributed by atoms with Gasteiger partial charge in [-0.25, -0.2) is 8.42 Å². The van der Waals surface area contributed by atoms with Gasteiger partial charge in [0.2, 0.25) is 10.0 Å². The van der Waals surface area contributed by atoms with E-state index >= 15 is 0 Å². The van der Waals surface area contributed by atoms with Gasteiger partial charge in [0.25, 0.3) is 5.91 Å². The van der Waals surface area contributed by atoms with Gasteiger partial charge < -0.3 is 14.4 Å². The zero-order chi connectivity index (χ0) is 22.4. The van der Waals surface area contributed by atoms with Crippen LogP contribution in [0.5, 0.6) is 0 Å². The summed E-state index contributed by atoms with van der Waals surface area (Å²) in [5.74, 6) is -0.235. The fourth-order valence-electron chi connectivity index (χ4n) is 3.71. The standard InChI is InChI=1S/C23H30N2O5S/c1-18-15-25(16-19(2)30-18)31(27,28)22-11-7-10-21(14-22)23(26)24(12-13-29-3)17-20-8-5-4-6-9-20/h4-11,14,18-19H,12-13,15-17H2,1-3H3/t18-,19+. The van der Waals surface area contributed by atoms with E-state index in [4.69, 9.17) is 9.47 Å². The lowest BCUT2D eigenvalue weighted by Crippen LogP contribution is -2.48. The molecule has 1 heterocycles. The number of methoxy groups -OCH3 is 1. The van der Waals surface area contributed by atoms with Crippen LogP contribution in [-0.2, 0) is 26.0 Å². The second kappa shape index (κ2) is 10.4. The van der Waals surface area contributed by atoms with Crippen LogP contribution in [0.4, 0.5) is 0 Å². The van der Waals surface area contributed by atoms with Crippen molar-refractivity contribution in [2.45, 2.75) is 37.5 Å². The van der Waals surface area contributed by atoms with Crippen LogP contribution in [0.1, 0.15) is 29.8 Å². The number of rotatable bonds is 8. The molecule has 2 aromatic carbocycles. The number of benzene rings is 2. The van der Waals surface area contributed by atoms with Crippen molar-refractivity contribution in [2.24, 2.45) is 0 Å². The molecule has 0 saturated carbocycles. The first-order valence-corrected chi connectivity index (χ1v) is 11.8. The summed E-state index contributed by atoms with van der Waals surface area (Å²) in [6.45, 7) is 5.50. The summed E-state index contributed by atoms with van der Waals surface area (Å²) >= 11 is 0. The molecule has 31 heavy (non-hydrogen) atoms. The molecular weight excluding hydrogens is 416 g/mol. The largest absolute Gasteiger partial charge is 0.383 e. The lowest BCUT2D eigenvalue weighted by atomic mass is 10.1. The molecule has 1 fully saturated rings. The van der Waals surface area contributed by atoms with Crippen LogP contribution in [0.25, 0.3) is 0 Å². The van der Waals surface area contributed by atoms with Crippen molar-refractivity contribution in [2.75, 3.05) is 33.4 Å². The Balaban J connectivity index is 1.85. The average molecular weight is 447 g/mol. The van der Waals surface area contributed by atoms with Gasteiger partial charge in [0.1, 0.15) is 0 Å². The molecule has 0 unspecified atom stereocenters. The number of morpholine rings is 1. The zero-order valence-corrected chi connectivity index (χ0v) is 19.0. The minimum absolute atomic E-state index is 0.117. The van der Waals surface area contributed by atoms with Crippen molar-refractivity contribution in [3.63, 3.8) is 0 Å². The molecule has 7 nitrogen and oxygen atoms in total. The highest BCUT2D eigenvalue weighted by atomic mass is 32.2. The van der Waals surface area contributed by atoms with Crippen LogP contribution in [0.15, 0.2) is 59.5 Å². The van der Waals surface area contributed by atoms with Crippen molar-refractivity contribution in [3.8, 4) is 0 Å². The third kappa shape index (κ3) is 5.92. The predicted octanol–water partition coefficient (Wildman–Crippen LogP) is 2.77. The molecular formula is C23H30N2O5S. The van der Waals surface area contributed by atoms with Crippen LogP contribution in [-0.4, -0.2) is 69.1 Å². The number of hydrogen-bond acceptors (Lipinski definition) is 5. The number of hydrogen-bond donors (Lipinski definition) is 0. The van der Waals surface area contributed by atoms with Crippen molar-refractivity contribution in [1.29, 1.82) is 0 Å². The SMILES string of the molecule is COCCN(Cc1ccccc1)C(=O)c1cccc(S(=O)(=O)N2C[C@@H](C)O[C@@H](C)C2)c1. The maximum absolute atomic E-state index is 13.3. The number of nitrogens with zero attached hydrogens (tertiary/aromatic N) is 2. The van der Waals surface area contributed by atoms with E-state index in [1.54, 1.807) is 24.1 Å². The number of ether oxygens (including phenoxy) is 2. The number of sulfonamides is 1. The van der Waals surface area contributed by atoms with Gasteiger partial charge in [-0.15, -0.1) is 0 Å². The second-order valence-corrected chi connectivity index (χ2v) is 9.75. The number of carbonyl (C=O) groups excluding carboxylic acids is 1. The average Bonchev–Trinajstić information content (AvgIpc) is 2.76. The molecule has 2 aromatic rings. The molecule has 168 valence electrons. The lowest BCUT2D eigenvalue weighted by molar-refractivity contribution is -0.0440. The zero-order valence-electron chi connectivity index (χ0n) is 18.2. The van der Waals surface area contributed by atoms with E-state index in [1.165, 1.54) is 16.4 Å². The molecule has 0 spiro atoms. The fourth-order valence-corrected chi connectivity index (χ4v) is 5.34. The van der Waals surface area contributed by atoms with E-state index < -0.39 is 10.0 Å². The van der Waals surface area contributed by atoms with Crippen molar-refractivity contribution >= 4 is 15.9 Å². The smallest absolute Gasteiger partial charge is 0.254 e. The molecule has 1 amide bonds. The summed E-state index contributed by atoms with van der Waals surface area (Å²) in [6.07, 6.45) is -0.363. The van der Waals surface area contributed by atoms with Gasteiger partial charge in [-0.2, -0.15) is 4.31 Å². The molecule has 8 heteroatoms. The minimum Gasteiger partial charge on any atom is -0.383 e. The van der Waals surface area contributed by atoms with Crippen LogP contribution in [0.3, 0.4) is 0 Å². The van der Waals surface area contributed by atoms with E-state index in [0.29, 0.717) is 38.3 Å². The number of carbonyl (C=O) groups is 1. The number of amides is 1.